The van der Waals surface area contributed by atoms with E-state index >= 15 is 0 Å². The molecule has 0 aliphatic carbocycles. The molecule has 0 aliphatic heterocycles. The summed E-state index contributed by atoms with van der Waals surface area (Å²) in [5.41, 5.74) is 1.20. The molecule has 0 saturated carbocycles. The molecule has 1 aromatic carbocycles. The van der Waals surface area contributed by atoms with Crippen LogP contribution in [0.2, 0.25) is 0 Å². The lowest BCUT2D eigenvalue weighted by molar-refractivity contribution is 0.607. The fraction of sp³-hybridized carbons (Fsp3) is 0.125. The highest BCUT2D eigenvalue weighted by Crippen LogP contribution is 2.13. The summed E-state index contributed by atoms with van der Waals surface area (Å²) in [6.45, 7) is 3.68. The molecular weight excluding hydrogens is 174 g/mol. The molecule has 0 saturated heterocycles. The zero-order valence-corrected chi connectivity index (χ0v) is 7.56. The highest BCUT2D eigenvalue weighted by molar-refractivity contribution is 7.92. The van der Waals surface area contributed by atoms with Gasteiger partial charge in [-0.3, -0.25) is 4.72 Å². The maximum absolute atomic E-state index is 10.8. The minimum atomic E-state index is -3.19. The normalized spacial score (nSPS) is 11.2. The van der Waals surface area contributed by atoms with Crippen LogP contribution in [0.5, 0.6) is 0 Å². The van der Waals surface area contributed by atoms with Crippen LogP contribution in [0.4, 0.5) is 5.69 Å². The molecule has 1 rings (SSSR count). The van der Waals surface area contributed by atoms with Crippen molar-refractivity contribution in [2.75, 3.05) is 11.0 Å². The van der Waals surface area contributed by atoms with Crippen molar-refractivity contribution in [3.05, 3.63) is 36.8 Å². The third kappa shape index (κ3) is 2.54. The van der Waals surface area contributed by atoms with Crippen molar-refractivity contribution in [1.29, 1.82) is 0 Å². The van der Waals surface area contributed by atoms with E-state index in [9.17, 15) is 8.42 Å². The number of para-hydroxylation sites is 1. The Labute approximate surface area is 72.5 Å². The number of hydrogen-bond donors (Lipinski definition) is 1. The lowest BCUT2D eigenvalue weighted by atomic mass is 10.2. The van der Waals surface area contributed by atoms with Gasteiger partial charge in [-0.1, -0.05) is 18.2 Å². The van der Waals surface area contributed by atoms with E-state index in [2.05, 4.69) is 11.6 Å². The van der Waals surface area contributed by atoms with E-state index in [1.807, 2.05) is 0 Å². The zero-order chi connectivity index (χ0) is 9.19. The predicted octanol–water partition coefficient (Wildman–Crippen LogP) is 1.24. The van der Waals surface area contributed by atoms with Gasteiger partial charge in [-0.2, -0.15) is 0 Å². The largest absolute Gasteiger partial charge is 0.284 e. The van der Waals surface area contributed by atoms with Crippen molar-refractivity contribution in [2.45, 2.75) is 0 Å². The summed E-state index contributed by atoms with van der Waals surface area (Å²) in [6, 6.07) is 6.97. The maximum Gasteiger partial charge on any atom is 0.229 e. The van der Waals surface area contributed by atoms with Gasteiger partial charge in [-0.25, -0.2) is 8.42 Å². The molecule has 65 valence electrons. The smallest absolute Gasteiger partial charge is 0.229 e. The first kappa shape index (κ1) is 9.06. The van der Waals surface area contributed by atoms with Crippen molar-refractivity contribution in [2.24, 2.45) is 0 Å². The quantitative estimate of drug-likeness (QED) is 0.751. The summed E-state index contributed by atoms with van der Waals surface area (Å²) >= 11 is 0. The summed E-state index contributed by atoms with van der Waals surface area (Å²) in [6.07, 6.45) is 1.11. The average Bonchev–Trinajstić information content (AvgIpc) is 1.91. The van der Waals surface area contributed by atoms with Gasteiger partial charge >= 0.3 is 0 Å². The third-order valence-corrected chi connectivity index (χ3v) is 1.90. The van der Waals surface area contributed by atoms with Crippen LogP contribution in [0.15, 0.2) is 24.3 Å². The predicted molar refractivity (Wildman–Crippen MR) is 49.4 cm³/mol. The van der Waals surface area contributed by atoms with Crippen molar-refractivity contribution >= 4 is 15.7 Å². The second kappa shape index (κ2) is 3.15. The van der Waals surface area contributed by atoms with Gasteiger partial charge in [0.15, 0.2) is 0 Å². The standard InChI is InChI=1S/C8H10NO2S/c1-7-5-3-4-6-8(7)9-12(2,10)11/h3-6,9H,1H2,2H3. The van der Waals surface area contributed by atoms with Gasteiger partial charge < -0.3 is 0 Å². The first-order valence-corrected chi connectivity index (χ1v) is 5.27. The van der Waals surface area contributed by atoms with Gasteiger partial charge in [0.1, 0.15) is 0 Å². The highest BCUT2D eigenvalue weighted by atomic mass is 32.2. The zero-order valence-electron chi connectivity index (χ0n) is 6.74. The Hall–Kier alpha value is -1.03. The molecule has 1 radical (unpaired) electrons. The molecule has 12 heavy (non-hydrogen) atoms. The molecule has 0 atom stereocenters. The second-order valence-electron chi connectivity index (χ2n) is 2.53. The minimum absolute atomic E-state index is 0.528. The van der Waals surface area contributed by atoms with Crippen molar-refractivity contribution in [3.8, 4) is 0 Å². The molecule has 0 amide bonds. The second-order valence-corrected chi connectivity index (χ2v) is 4.28. The molecule has 0 spiro atoms. The number of anilines is 1. The van der Waals surface area contributed by atoms with Gasteiger partial charge in [0.2, 0.25) is 10.0 Å². The topological polar surface area (TPSA) is 46.2 Å². The molecule has 0 aromatic heterocycles. The first-order chi connectivity index (χ1) is 5.49. The van der Waals surface area contributed by atoms with Crippen LogP contribution < -0.4 is 4.72 Å². The van der Waals surface area contributed by atoms with Gasteiger partial charge in [0, 0.05) is 0 Å². The Morgan fingerprint density at radius 2 is 1.92 bits per heavy atom. The van der Waals surface area contributed by atoms with Crippen molar-refractivity contribution in [3.63, 3.8) is 0 Å². The molecule has 0 bridgehead atoms. The van der Waals surface area contributed by atoms with E-state index in [0.29, 0.717) is 11.3 Å². The number of sulfonamides is 1. The maximum atomic E-state index is 10.8. The number of nitrogens with one attached hydrogen (secondary N) is 1. The van der Waals surface area contributed by atoms with Crippen LogP contribution in [0, 0.1) is 6.92 Å². The van der Waals surface area contributed by atoms with Gasteiger partial charge in [-0.15, -0.1) is 0 Å². The molecule has 0 unspecified atom stereocenters. The van der Waals surface area contributed by atoms with E-state index < -0.39 is 10.0 Å². The Morgan fingerprint density at radius 1 is 1.33 bits per heavy atom. The summed E-state index contributed by atoms with van der Waals surface area (Å²) in [5, 5.41) is 0. The minimum Gasteiger partial charge on any atom is -0.284 e. The van der Waals surface area contributed by atoms with Gasteiger partial charge in [0.05, 0.1) is 11.9 Å². The highest BCUT2D eigenvalue weighted by Gasteiger charge is 2.02. The molecular formula is C8H10NO2S. The van der Waals surface area contributed by atoms with E-state index in [1.54, 1.807) is 24.3 Å². The van der Waals surface area contributed by atoms with Crippen molar-refractivity contribution in [1.82, 2.24) is 0 Å². The van der Waals surface area contributed by atoms with E-state index in [4.69, 9.17) is 0 Å². The van der Waals surface area contributed by atoms with Crippen LogP contribution in [-0.2, 0) is 10.0 Å². The third-order valence-electron chi connectivity index (χ3n) is 1.31. The molecule has 0 fully saturated rings. The lowest BCUT2D eigenvalue weighted by Crippen LogP contribution is -2.10. The van der Waals surface area contributed by atoms with Crippen molar-refractivity contribution < 1.29 is 8.42 Å². The van der Waals surface area contributed by atoms with E-state index in [-0.39, 0.29) is 0 Å². The molecule has 0 heterocycles. The first-order valence-electron chi connectivity index (χ1n) is 3.38. The van der Waals surface area contributed by atoms with Gasteiger partial charge in [-0.05, 0) is 18.6 Å². The van der Waals surface area contributed by atoms with Crippen LogP contribution >= 0.6 is 0 Å². The Balaban J connectivity index is 2.98. The fourth-order valence-electron chi connectivity index (χ4n) is 0.820. The Bertz CT molecular complexity index is 370. The average molecular weight is 184 g/mol. The van der Waals surface area contributed by atoms with Crippen LogP contribution in [0.25, 0.3) is 0 Å². The molecule has 1 N–H and O–H groups in total. The summed E-state index contributed by atoms with van der Waals surface area (Å²) in [7, 11) is -3.19. The van der Waals surface area contributed by atoms with Crippen LogP contribution in [0.3, 0.4) is 0 Å². The van der Waals surface area contributed by atoms with Gasteiger partial charge in [0.25, 0.3) is 0 Å². The lowest BCUT2D eigenvalue weighted by Gasteiger charge is -2.05. The monoisotopic (exact) mass is 184 g/mol. The SMILES string of the molecule is [CH2]c1ccccc1NS(C)(=O)=O. The Morgan fingerprint density at radius 3 is 2.42 bits per heavy atom. The molecule has 4 heteroatoms. The number of rotatable bonds is 2. The fourth-order valence-corrected chi connectivity index (χ4v) is 1.42. The van der Waals surface area contributed by atoms with E-state index in [0.717, 1.165) is 6.26 Å². The summed E-state index contributed by atoms with van der Waals surface area (Å²) in [4.78, 5) is 0. The van der Waals surface area contributed by atoms with Crippen LogP contribution in [0.1, 0.15) is 5.56 Å². The number of benzene rings is 1. The van der Waals surface area contributed by atoms with E-state index in [1.165, 1.54) is 0 Å². The molecule has 1 aromatic rings. The molecule has 3 nitrogen and oxygen atoms in total. The summed E-state index contributed by atoms with van der Waals surface area (Å²) < 4.78 is 24.0. The summed E-state index contributed by atoms with van der Waals surface area (Å²) in [5.74, 6) is 0. The Kier molecular flexibility index (Phi) is 2.38. The molecule has 0 aliphatic rings. The number of hydrogen-bond acceptors (Lipinski definition) is 2. The van der Waals surface area contributed by atoms with Crippen LogP contribution in [-0.4, -0.2) is 14.7 Å².